The van der Waals surface area contributed by atoms with Crippen LogP contribution >= 0.6 is 0 Å². The van der Waals surface area contributed by atoms with Gasteiger partial charge in [0.25, 0.3) is 0 Å². The number of methoxy groups -OCH3 is 1. The Morgan fingerprint density at radius 1 is 0.968 bits per heavy atom. The summed E-state index contributed by atoms with van der Waals surface area (Å²) in [6.07, 6.45) is -3.73. The molecule has 1 N–H and O–H groups in total. The van der Waals surface area contributed by atoms with Crippen molar-refractivity contribution in [2.24, 2.45) is 4.99 Å². The maximum atomic E-state index is 13.5. The number of nitrogens with zero attached hydrogens (tertiary/aromatic N) is 1. The number of phenols is 1. The molecule has 0 spiro atoms. The maximum absolute atomic E-state index is 13.5. The van der Waals surface area contributed by atoms with Gasteiger partial charge in [0.1, 0.15) is 17.2 Å². The molecule has 0 aliphatic heterocycles. The third-order valence-corrected chi connectivity index (χ3v) is 4.00. The van der Waals surface area contributed by atoms with E-state index >= 15 is 0 Å². The van der Waals surface area contributed by atoms with E-state index in [-0.39, 0.29) is 11.4 Å². The molecule has 0 aromatic heterocycles. The summed E-state index contributed by atoms with van der Waals surface area (Å²) in [5, 5.41) is 9.76. The number of aromatic hydroxyl groups is 1. The Kier molecular flexibility index (Phi) is 7.02. The molecule has 0 radical (unpaired) electrons. The number of phenolic OH excluding ortho intramolecular Hbond substituents is 1. The molecule has 31 heavy (non-hydrogen) atoms. The summed E-state index contributed by atoms with van der Waals surface area (Å²) < 4.78 is 113. The van der Waals surface area contributed by atoms with Crippen molar-refractivity contribution in [2.45, 2.75) is 24.2 Å². The first kappa shape index (κ1) is 24.2. The number of hydrogen-bond donors (Lipinski definition) is 1. The van der Waals surface area contributed by atoms with Crippen molar-refractivity contribution in [3.05, 3.63) is 48.0 Å². The number of hydrogen-bond acceptors (Lipinski definition) is 4. The van der Waals surface area contributed by atoms with Gasteiger partial charge in [-0.1, -0.05) is 0 Å². The summed E-state index contributed by atoms with van der Waals surface area (Å²) in [5.41, 5.74) is 0.525. The Morgan fingerprint density at radius 3 is 2.10 bits per heavy atom. The lowest BCUT2D eigenvalue weighted by Gasteiger charge is -2.31. The van der Waals surface area contributed by atoms with Gasteiger partial charge in [0.2, 0.25) is 0 Å². The van der Waals surface area contributed by atoms with Crippen molar-refractivity contribution in [3.63, 3.8) is 0 Å². The van der Waals surface area contributed by atoms with Gasteiger partial charge in [-0.05, 0) is 42.5 Å². The van der Waals surface area contributed by atoms with Crippen molar-refractivity contribution in [2.75, 3.05) is 13.7 Å². The monoisotopic (exact) mass is 457 g/mol. The predicted octanol–water partition coefficient (Wildman–Crippen LogP) is 5.70. The number of halogens is 8. The molecule has 4 nitrogen and oxygen atoms in total. The van der Waals surface area contributed by atoms with Gasteiger partial charge in [-0.25, -0.2) is 8.78 Å². The second-order valence-electron chi connectivity index (χ2n) is 6.17. The summed E-state index contributed by atoms with van der Waals surface area (Å²) in [4.78, 5) is 4.01. The smallest absolute Gasteiger partial charge is 0.381 e. The van der Waals surface area contributed by atoms with Gasteiger partial charge in [-0.2, -0.15) is 26.3 Å². The third kappa shape index (κ3) is 5.17. The van der Waals surface area contributed by atoms with Crippen LogP contribution in [-0.4, -0.2) is 49.2 Å². The van der Waals surface area contributed by atoms with Crippen LogP contribution in [0.1, 0.15) is 5.56 Å². The SMILES string of the molecule is COc1ccc(O)c(C=Nc2ccc(OCC(F)(F)C(F)(F)C(F)(F)C(F)F)cc2)c1. The topological polar surface area (TPSA) is 51.0 Å². The third-order valence-electron chi connectivity index (χ3n) is 4.00. The minimum Gasteiger partial charge on any atom is -0.507 e. The van der Waals surface area contributed by atoms with E-state index in [1.165, 1.54) is 43.7 Å². The van der Waals surface area contributed by atoms with E-state index in [0.29, 0.717) is 11.3 Å². The van der Waals surface area contributed by atoms with Crippen molar-refractivity contribution < 1.29 is 49.7 Å². The number of aliphatic imine (C=N–C) groups is 1. The Bertz CT molecular complexity index is 917. The molecule has 0 atom stereocenters. The van der Waals surface area contributed by atoms with Crippen molar-refractivity contribution in [1.29, 1.82) is 0 Å². The van der Waals surface area contributed by atoms with Crippen LogP contribution in [0.15, 0.2) is 47.5 Å². The number of benzene rings is 2. The van der Waals surface area contributed by atoms with Crippen LogP contribution in [0.2, 0.25) is 0 Å². The molecular weight excluding hydrogens is 442 g/mol. The summed E-state index contributed by atoms with van der Waals surface area (Å²) in [6.45, 7) is -2.26. The predicted molar refractivity (Wildman–Crippen MR) is 94.7 cm³/mol. The fourth-order valence-electron chi connectivity index (χ4n) is 2.18. The van der Waals surface area contributed by atoms with E-state index in [1.54, 1.807) is 0 Å². The Hall–Kier alpha value is -3.05. The van der Waals surface area contributed by atoms with Gasteiger partial charge < -0.3 is 14.6 Å². The quantitative estimate of drug-likeness (QED) is 0.388. The van der Waals surface area contributed by atoms with Gasteiger partial charge in [-0.3, -0.25) is 4.99 Å². The Balaban J connectivity index is 2.08. The zero-order valence-electron chi connectivity index (χ0n) is 15.6. The molecule has 0 amide bonds. The van der Waals surface area contributed by atoms with Gasteiger partial charge in [0.15, 0.2) is 6.61 Å². The average Bonchev–Trinajstić information content (AvgIpc) is 2.72. The minimum atomic E-state index is -6.34. The van der Waals surface area contributed by atoms with E-state index in [2.05, 4.69) is 9.73 Å². The number of alkyl halides is 8. The van der Waals surface area contributed by atoms with E-state index in [1.807, 2.05) is 0 Å². The zero-order chi connectivity index (χ0) is 23.4. The average molecular weight is 457 g/mol. The van der Waals surface area contributed by atoms with Crippen LogP contribution in [0, 0.1) is 0 Å². The summed E-state index contributed by atoms with van der Waals surface area (Å²) >= 11 is 0. The molecule has 2 aromatic carbocycles. The molecule has 0 saturated carbocycles. The van der Waals surface area contributed by atoms with Gasteiger partial charge in [0, 0.05) is 11.8 Å². The molecule has 2 aromatic rings. The highest BCUT2D eigenvalue weighted by Gasteiger charge is 2.75. The van der Waals surface area contributed by atoms with E-state index in [4.69, 9.17) is 4.74 Å². The fourth-order valence-corrected chi connectivity index (χ4v) is 2.18. The first-order valence-corrected chi connectivity index (χ1v) is 8.37. The van der Waals surface area contributed by atoms with Crippen LogP contribution in [0.5, 0.6) is 17.2 Å². The lowest BCUT2D eigenvalue weighted by Crippen LogP contribution is -2.59. The first-order valence-electron chi connectivity index (χ1n) is 8.37. The highest BCUT2D eigenvalue weighted by atomic mass is 19.4. The molecule has 0 aliphatic rings. The van der Waals surface area contributed by atoms with Crippen LogP contribution in [0.25, 0.3) is 0 Å². The molecular formula is C19H15F8NO3. The molecule has 0 aliphatic carbocycles. The molecule has 2 rings (SSSR count). The van der Waals surface area contributed by atoms with Gasteiger partial charge >= 0.3 is 24.2 Å². The van der Waals surface area contributed by atoms with Crippen molar-refractivity contribution >= 4 is 11.9 Å². The summed E-state index contributed by atoms with van der Waals surface area (Å²) in [6, 6.07) is 8.84. The second kappa shape index (κ2) is 8.98. The number of rotatable bonds is 9. The van der Waals surface area contributed by atoms with E-state index in [9.17, 15) is 40.2 Å². The minimum absolute atomic E-state index is 0.103. The van der Waals surface area contributed by atoms with Crippen LogP contribution in [0.4, 0.5) is 40.8 Å². The Labute approximate surface area is 170 Å². The summed E-state index contributed by atoms with van der Waals surface area (Å²) in [7, 11) is 1.42. The molecule has 0 saturated heterocycles. The maximum Gasteiger partial charge on any atom is 0.381 e. The highest BCUT2D eigenvalue weighted by molar-refractivity contribution is 5.85. The largest absolute Gasteiger partial charge is 0.507 e. The zero-order valence-corrected chi connectivity index (χ0v) is 15.6. The van der Waals surface area contributed by atoms with Crippen LogP contribution in [-0.2, 0) is 0 Å². The molecule has 0 heterocycles. The Morgan fingerprint density at radius 2 is 1.55 bits per heavy atom. The molecule has 12 heteroatoms. The van der Waals surface area contributed by atoms with Gasteiger partial charge in [0.05, 0.1) is 12.8 Å². The lowest BCUT2D eigenvalue weighted by molar-refractivity contribution is -0.342. The fraction of sp³-hybridized carbons (Fsp3) is 0.316. The van der Waals surface area contributed by atoms with E-state index < -0.39 is 36.5 Å². The van der Waals surface area contributed by atoms with E-state index in [0.717, 1.165) is 12.1 Å². The lowest BCUT2D eigenvalue weighted by atomic mass is 10.1. The van der Waals surface area contributed by atoms with Crippen molar-refractivity contribution in [3.8, 4) is 17.2 Å². The second-order valence-corrected chi connectivity index (χ2v) is 6.17. The summed E-state index contributed by atoms with van der Waals surface area (Å²) in [5.74, 6) is -18.2. The van der Waals surface area contributed by atoms with Crippen molar-refractivity contribution in [1.82, 2.24) is 0 Å². The standard InChI is InChI=1S/C19H15F8NO3/c1-30-14-6-7-15(29)11(8-14)9-28-12-2-4-13(5-3-12)31-10-17(22,23)19(26,27)18(24,25)16(20)21/h2-9,16,29H,10H2,1H3. The number of ether oxygens (including phenoxy) is 2. The first-order chi connectivity index (χ1) is 14.3. The van der Waals surface area contributed by atoms with Crippen LogP contribution < -0.4 is 9.47 Å². The highest BCUT2D eigenvalue weighted by Crippen LogP contribution is 2.48. The molecule has 170 valence electrons. The van der Waals surface area contributed by atoms with Gasteiger partial charge in [-0.15, -0.1) is 0 Å². The normalized spacial score (nSPS) is 13.1. The molecule has 0 fully saturated rings. The van der Waals surface area contributed by atoms with Crippen LogP contribution in [0.3, 0.4) is 0 Å². The molecule has 0 unspecified atom stereocenters. The molecule has 0 bridgehead atoms.